The van der Waals surface area contributed by atoms with E-state index in [2.05, 4.69) is 5.10 Å². The molecule has 0 aromatic carbocycles. The molecule has 1 heterocycles. The van der Waals surface area contributed by atoms with Crippen LogP contribution in [0.5, 0.6) is 5.19 Å². The van der Waals surface area contributed by atoms with Crippen LogP contribution in [0, 0.1) is 3.95 Å². The summed E-state index contributed by atoms with van der Waals surface area (Å²) in [5, 5.41) is 13.1. The smallest absolute Gasteiger partial charge is 0.293 e. The zero-order valence-electron chi connectivity index (χ0n) is 5.98. The molecule has 1 aromatic rings. The van der Waals surface area contributed by atoms with Crippen LogP contribution in [0.25, 0.3) is 0 Å². The Kier molecular flexibility index (Phi) is 2.98. The fourth-order valence-corrected chi connectivity index (χ4v) is 1.54. The molecule has 0 saturated heterocycles. The number of ether oxygens (including phenoxy) is 1. The molecule has 1 aromatic heterocycles. The van der Waals surface area contributed by atoms with Gasteiger partial charge in [0.25, 0.3) is 5.19 Å². The van der Waals surface area contributed by atoms with Gasteiger partial charge in [0.1, 0.15) is 6.73 Å². The Morgan fingerprint density at radius 2 is 2.55 bits per heavy atom. The molecule has 0 unspecified atom stereocenters. The van der Waals surface area contributed by atoms with Crippen LogP contribution in [0.3, 0.4) is 0 Å². The fraction of sp³-hybridized carbons (Fsp3) is 0.600. The minimum atomic E-state index is -0.192. The first-order valence-corrected chi connectivity index (χ1v) is 4.32. The number of aliphatic hydroxyl groups is 1. The van der Waals surface area contributed by atoms with Crippen molar-refractivity contribution in [3.05, 3.63) is 3.95 Å². The van der Waals surface area contributed by atoms with Crippen LogP contribution in [-0.4, -0.2) is 21.5 Å². The van der Waals surface area contributed by atoms with Crippen LogP contribution in [0.1, 0.15) is 6.92 Å². The lowest BCUT2D eigenvalue weighted by atomic mass is 10.9. The predicted octanol–water partition coefficient (Wildman–Crippen LogP) is 1.02. The highest BCUT2D eigenvalue weighted by atomic mass is 32.1. The molecule has 4 nitrogen and oxygen atoms in total. The number of aliphatic hydroxyl groups excluding tert-OH is 1. The number of aromatic nitrogens is 2. The second-order valence-electron chi connectivity index (χ2n) is 1.71. The zero-order valence-corrected chi connectivity index (χ0v) is 7.61. The van der Waals surface area contributed by atoms with E-state index in [4.69, 9.17) is 22.1 Å². The molecular formula is C5H8N2O2S2. The van der Waals surface area contributed by atoms with Crippen LogP contribution in [0.15, 0.2) is 0 Å². The van der Waals surface area contributed by atoms with Crippen molar-refractivity contribution in [2.75, 3.05) is 6.61 Å². The van der Waals surface area contributed by atoms with Gasteiger partial charge < -0.3 is 9.84 Å². The van der Waals surface area contributed by atoms with Crippen LogP contribution < -0.4 is 4.74 Å². The van der Waals surface area contributed by atoms with Gasteiger partial charge in [-0.05, 0) is 30.5 Å². The average molecular weight is 192 g/mol. The summed E-state index contributed by atoms with van der Waals surface area (Å²) >= 11 is 6.11. The molecule has 6 heteroatoms. The summed E-state index contributed by atoms with van der Waals surface area (Å²) in [5.41, 5.74) is 0. The third-order valence-corrected chi connectivity index (χ3v) is 2.21. The summed E-state index contributed by atoms with van der Waals surface area (Å²) in [5.74, 6) is 0. The summed E-state index contributed by atoms with van der Waals surface area (Å²) in [6, 6.07) is 0. The van der Waals surface area contributed by atoms with Crippen molar-refractivity contribution in [1.82, 2.24) is 9.78 Å². The van der Waals surface area contributed by atoms with Crippen molar-refractivity contribution < 1.29 is 9.84 Å². The summed E-state index contributed by atoms with van der Waals surface area (Å²) in [6.07, 6.45) is 0. The van der Waals surface area contributed by atoms with Gasteiger partial charge in [-0.15, -0.1) is 5.10 Å². The second-order valence-corrected chi connectivity index (χ2v) is 3.29. The molecular weight excluding hydrogens is 184 g/mol. The topological polar surface area (TPSA) is 47.3 Å². The van der Waals surface area contributed by atoms with Crippen molar-refractivity contribution in [3.8, 4) is 5.19 Å². The molecule has 0 spiro atoms. The van der Waals surface area contributed by atoms with E-state index >= 15 is 0 Å². The number of rotatable bonds is 3. The molecule has 0 radical (unpaired) electrons. The van der Waals surface area contributed by atoms with E-state index in [-0.39, 0.29) is 6.73 Å². The van der Waals surface area contributed by atoms with Crippen LogP contribution in [0.2, 0.25) is 0 Å². The zero-order chi connectivity index (χ0) is 8.27. The highest BCUT2D eigenvalue weighted by molar-refractivity contribution is 7.73. The Hall–Kier alpha value is -0.460. The summed E-state index contributed by atoms with van der Waals surface area (Å²) < 4.78 is 6.91. The highest BCUT2D eigenvalue weighted by Gasteiger charge is 2.01. The van der Waals surface area contributed by atoms with Gasteiger partial charge >= 0.3 is 0 Å². The molecule has 1 rings (SSSR count). The minimum absolute atomic E-state index is 0.192. The third kappa shape index (κ3) is 1.98. The van der Waals surface area contributed by atoms with Gasteiger partial charge in [0.15, 0.2) is 3.95 Å². The predicted molar refractivity (Wildman–Crippen MR) is 44.3 cm³/mol. The van der Waals surface area contributed by atoms with Gasteiger partial charge in [0, 0.05) is 0 Å². The number of hydrogen-bond acceptors (Lipinski definition) is 5. The van der Waals surface area contributed by atoms with Crippen LogP contribution in [-0.2, 0) is 6.73 Å². The lowest BCUT2D eigenvalue weighted by molar-refractivity contribution is 0.189. The Balaban J connectivity index is 2.86. The Morgan fingerprint density at radius 1 is 1.82 bits per heavy atom. The van der Waals surface area contributed by atoms with Crippen LogP contribution >= 0.6 is 23.6 Å². The Labute approximate surface area is 73.1 Å². The molecule has 0 amide bonds. The standard InChI is InChI=1S/C5H8N2O2S2/c1-2-9-4-6-7(3-8)5(10)11-4/h8H,2-3H2,1H3. The SMILES string of the molecule is CCOc1nn(CO)c(=S)s1. The lowest BCUT2D eigenvalue weighted by Gasteiger charge is -1.93. The van der Waals surface area contributed by atoms with E-state index in [0.717, 1.165) is 0 Å². The van der Waals surface area contributed by atoms with E-state index < -0.39 is 0 Å². The third-order valence-electron chi connectivity index (χ3n) is 0.989. The average Bonchev–Trinajstić information content (AvgIpc) is 2.32. The molecule has 0 atom stereocenters. The van der Waals surface area contributed by atoms with Crippen molar-refractivity contribution in [2.24, 2.45) is 0 Å². The summed E-state index contributed by atoms with van der Waals surface area (Å²) in [4.78, 5) is 0. The maximum absolute atomic E-state index is 8.68. The van der Waals surface area contributed by atoms with Crippen molar-refractivity contribution in [3.63, 3.8) is 0 Å². The number of hydrogen-bond donors (Lipinski definition) is 1. The molecule has 0 aliphatic carbocycles. The van der Waals surface area contributed by atoms with Crippen molar-refractivity contribution in [1.29, 1.82) is 0 Å². The lowest BCUT2D eigenvalue weighted by Crippen LogP contribution is -1.99. The first kappa shape index (κ1) is 8.63. The van der Waals surface area contributed by atoms with Gasteiger partial charge in [-0.3, -0.25) is 0 Å². The molecule has 62 valence electrons. The van der Waals surface area contributed by atoms with Gasteiger partial charge in [-0.2, -0.15) is 0 Å². The monoisotopic (exact) mass is 192 g/mol. The Morgan fingerprint density at radius 3 is 3.00 bits per heavy atom. The molecule has 0 bridgehead atoms. The molecule has 0 saturated carbocycles. The molecule has 0 aliphatic heterocycles. The Bertz CT molecular complexity index is 280. The van der Waals surface area contributed by atoms with Gasteiger partial charge in [-0.1, -0.05) is 0 Å². The quantitative estimate of drug-likeness (QED) is 0.726. The molecule has 0 aliphatic rings. The van der Waals surface area contributed by atoms with E-state index in [9.17, 15) is 0 Å². The first-order valence-electron chi connectivity index (χ1n) is 3.09. The fourth-order valence-electron chi connectivity index (χ4n) is 0.558. The molecule has 0 fully saturated rings. The molecule has 1 N–H and O–H groups in total. The maximum Gasteiger partial charge on any atom is 0.293 e. The van der Waals surface area contributed by atoms with Crippen molar-refractivity contribution >= 4 is 23.6 Å². The summed E-state index contributed by atoms with van der Waals surface area (Å²) in [7, 11) is 0. The summed E-state index contributed by atoms with van der Waals surface area (Å²) in [6.45, 7) is 2.24. The van der Waals surface area contributed by atoms with Crippen LogP contribution in [0.4, 0.5) is 0 Å². The largest absolute Gasteiger partial charge is 0.469 e. The molecule has 11 heavy (non-hydrogen) atoms. The van der Waals surface area contributed by atoms with Gasteiger partial charge in [0.05, 0.1) is 6.61 Å². The van der Waals surface area contributed by atoms with Gasteiger partial charge in [0.2, 0.25) is 0 Å². The van der Waals surface area contributed by atoms with E-state index in [1.807, 2.05) is 6.92 Å². The second kappa shape index (κ2) is 3.80. The normalized spacial score (nSPS) is 10.0. The minimum Gasteiger partial charge on any atom is -0.469 e. The van der Waals surface area contributed by atoms with E-state index in [0.29, 0.717) is 15.8 Å². The highest BCUT2D eigenvalue weighted by Crippen LogP contribution is 2.16. The van der Waals surface area contributed by atoms with E-state index in [1.54, 1.807) is 0 Å². The van der Waals surface area contributed by atoms with Gasteiger partial charge in [-0.25, -0.2) is 4.68 Å². The van der Waals surface area contributed by atoms with E-state index in [1.165, 1.54) is 16.0 Å². The number of nitrogens with zero attached hydrogens (tertiary/aromatic N) is 2. The first-order chi connectivity index (χ1) is 5.27. The maximum atomic E-state index is 8.68. The van der Waals surface area contributed by atoms with Crippen molar-refractivity contribution in [2.45, 2.75) is 13.7 Å².